The van der Waals surface area contributed by atoms with Crippen LogP contribution in [0.5, 0.6) is 0 Å². The first kappa shape index (κ1) is 17.9. The predicted octanol–water partition coefficient (Wildman–Crippen LogP) is 1.60. The van der Waals surface area contributed by atoms with Crippen LogP contribution in [0.25, 0.3) is 0 Å². The molecule has 1 atom stereocenters. The van der Waals surface area contributed by atoms with Crippen LogP contribution >= 0.6 is 0 Å². The van der Waals surface area contributed by atoms with Gasteiger partial charge in [0.1, 0.15) is 0 Å². The zero-order chi connectivity index (χ0) is 16.7. The van der Waals surface area contributed by atoms with E-state index in [-0.39, 0.29) is 12.5 Å². The number of hydrogen-bond acceptors (Lipinski definition) is 4. The largest absolute Gasteiger partial charge is 0.481 e. The summed E-state index contributed by atoms with van der Waals surface area (Å²) in [7, 11) is 2.03. The SMILES string of the molecule is CCc1ccc(C(CN2CCNCC2)N(C)CCC(=O)O)cc1. The molecule has 1 aliphatic rings. The van der Waals surface area contributed by atoms with Crippen LogP contribution in [0.15, 0.2) is 24.3 Å². The van der Waals surface area contributed by atoms with Crippen LogP contribution in [-0.4, -0.2) is 67.2 Å². The van der Waals surface area contributed by atoms with Crippen molar-refractivity contribution >= 4 is 5.97 Å². The molecule has 0 spiro atoms. The Bertz CT molecular complexity index is 484. The second-order valence-electron chi connectivity index (χ2n) is 6.29. The molecule has 2 N–H and O–H groups in total. The fraction of sp³-hybridized carbons (Fsp3) is 0.611. The number of carboxylic acid groups (broad SMARTS) is 1. The predicted molar refractivity (Wildman–Crippen MR) is 92.8 cm³/mol. The fourth-order valence-corrected chi connectivity index (χ4v) is 3.04. The zero-order valence-electron chi connectivity index (χ0n) is 14.3. The van der Waals surface area contributed by atoms with E-state index in [4.69, 9.17) is 5.11 Å². The summed E-state index contributed by atoms with van der Waals surface area (Å²) in [6, 6.07) is 9.00. The number of hydrogen-bond donors (Lipinski definition) is 2. The highest BCUT2D eigenvalue weighted by Crippen LogP contribution is 2.22. The Morgan fingerprint density at radius 3 is 2.52 bits per heavy atom. The van der Waals surface area contributed by atoms with Crippen molar-refractivity contribution in [3.8, 4) is 0 Å². The average Bonchev–Trinajstić information content (AvgIpc) is 2.58. The molecule has 1 aromatic carbocycles. The quantitative estimate of drug-likeness (QED) is 0.762. The van der Waals surface area contributed by atoms with E-state index in [2.05, 4.69) is 46.3 Å². The Balaban J connectivity index is 2.09. The minimum atomic E-state index is -0.737. The highest BCUT2D eigenvalue weighted by molar-refractivity contribution is 5.66. The first-order valence-electron chi connectivity index (χ1n) is 8.54. The van der Waals surface area contributed by atoms with Crippen molar-refractivity contribution in [1.82, 2.24) is 15.1 Å². The van der Waals surface area contributed by atoms with E-state index in [0.29, 0.717) is 6.54 Å². The molecule has 1 unspecified atom stereocenters. The number of piperazine rings is 1. The van der Waals surface area contributed by atoms with E-state index in [1.54, 1.807) is 0 Å². The molecule has 1 heterocycles. The van der Waals surface area contributed by atoms with Gasteiger partial charge in [-0.1, -0.05) is 31.2 Å². The van der Waals surface area contributed by atoms with Gasteiger partial charge in [0.2, 0.25) is 0 Å². The van der Waals surface area contributed by atoms with Gasteiger partial charge in [-0.15, -0.1) is 0 Å². The van der Waals surface area contributed by atoms with Crippen molar-refractivity contribution in [2.24, 2.45) is 0 Å². The third-order valence-electron chi connectivity index (χ3n) is 4.62. The molecule has 5 heteroatoms. The van der Waals surface area contributed by atoms with Gasteiger partial charge in [-0.25, -0.2) is 0 Å². The lowest BCUT2D eigenvalue weighted by molar-refractivity contribution is -0.137. The maximum Gasteiger partial charge on any atom is 0.304 e. The molecular formula is C18H29N3O2. The number of nitrogens with one attached hydrogen (secondary N) is 1. The van der Waals surface area contributed by atoms with Crippen LogP contribution < -0.4 is 5.32 Å². The number of aliphatic carboxylic acids is 1. The molecular weight excluding hydrogens is 290 g/mol. The molecule has 0 saturated carbocycles. The van der Waals surface area contributed by atoms with Gasteiger partial charge in [0, 0.05) is 45.3 Å². The van der Waals surface area contributed by atoms with E-state index in [9.17, 15) is 4.79 Å². The molecule has 5 nitrogen and oxygen atoms in total. The highest BCUT2D eigenvalue weighted by Gasteiger charge is 2.22. The summed E-state index contributed by atoms with van der Waals surface area (Å²) in [5, 5.41) is 12.3. The lowest BCUT2D eigenvalue weighted by atomic mass is 10.0. The van der Waals surface area contributed by atoms with E-state index in [1.165, 1.54) is 11.1 Å². The van der Waals surface area contributed by atoms with Crippen molar-refractivity contribution in [3.63, 3.8) is 0 Å². The summed E-state index contributed by atoms with van der Waals surface area (Å²) in [5.74, 6) is -0.737. The van der Waals surface area contributed by atoms with Crippen LogP contribution in [0, 0.1) is 0 Å². The first-order valence-corrected chi connectivity index (χ1v) is 8.54. The van der Waals surface area contributed by atoms with E-state index >= 15 is 0 Å². The van der Waals surface area contributed by atoms with Gasteiger partial charge >= 0.3 is 5.97 Å². The third-order valence-corrected chi connectivity index (χ3v) is 4.62. The molecule has 1 aromatic rings. The van der Waals surface area contributed by atoms with Gasteiger partial charge in [-0.05, 0) is 24.6 Å². The van der Waals surface area contributed by atoms with Gasteiger partial charge in [0.15, 0.2) is 0 Å². The Morgan fingerprint density at radius 1 is 1.30 bits per heavy atom. The van der Waals surface area contributed by atoms with E-state index < -0.39 is 5.97 Å². The summed E-state index contributed by atoms with van der Waals surface area (Å²) in [6.07, 6.45) is 1.22. The summed E-state index contributed by atoms with van der Waals surface area (Å²) in [6.45, 7) is 7.84. The Kier molecular flexibility index (Phi) is 7.02. The molecule has 0 amide bonds. The fourth-order valence-electron chi connectivity index (χ4n) is 3.04. The molecule has 1 aliphatic heterocycles. The summed E-state index contributed by atoms with van der Waals surface area (Å²) in [4.78, 5) is 15.5. The van der Waals surface area contributed by atoms with Crippen molar-refractivity contribution in [2.45, 2.75) is 25.8 Å². The second kappa shape index (κ2) is 9.01. The van der Waals surface area contributed by atoms with Gasteiger partial charge in [-0.3, -0.25) is 14.6 Å². The van der Waals surface area contributed by atoms with Gasteiger partial charge in [0.25, 0.3) is 0 Å². The molecule has 0 bridgehead atoms. The van der Waals surface area contributed by atoms with Crippen molar-refractivity contribution < 1.29 is 9.90 Å². The minimum Gasteiger partial charge on any atom is -0.481 e. The van der Waals surface area contributed by atoms with Crippen LogP contribution in [0.4, 0.5) is 0 Å². The smallest absolute Gasteiger partial charge is 0.304 e. The van der Waals surface area contributed by atoms with Crippen molar-refractivity contribution in [2.75, 3.05) is 46.3 Å². The topological polar surface area (TPSA) is 55.8 Å². The maximum absolute atomic E-state index is 10.9. The molecule has 1 fully saturated rings. The number of rotatable bonds is 8. The first-order chi connectivity index (χ1) is 11.1. The van der Waals surface area contributed by atoms with Crippen LogP contribution in [0.1, 0.15) is 30.5 Å². The van der Waals surface area contributed by atoms with E-state index in [1.807, 2.05) is 7.05 Å². The molecule has 0 aliphatic carbocycles. The highest BCUT2D eigenvalue weighted by atomic mass is 16.4. The minimum absolute atomic E-state index is 0.182. The lowest BCUT2D eigenvalue weighted by Gasteiger charge is -2.35. The normalized spacial score (nSPS) is 17.3. The molecule has 128 valence electrons. The maximum atomic E-state index is 10.9. The number of carboxylic acids is 1. The Hall–Kier alpha value is -1.43. The van der Waals surface area contributed by atoms with Crippen molar-refractivity contribution in [3.05, 3.63) is 35.4 Å². The van der Waals surface area contributed by atoms with E-state index in [0.717, 1.165) is 39.1 Å². The number of nitrogens with zero attached hydrogens (tertiary/aromatic N) is 2. The lowest BCUT2D eigenvalue weighted by Crippen LogP contribution is -2.47. The number of carbonyl (C=O) groups is 1. The van der Waals surface area contributed by atoms with Gasteiger partial charge in [-0.2, -0.15) is 0 Å². The third kappa shape index (κ3) is 5.61. The molecule has 23 heavy (non-hydrogen) atoms. The van der Waals surface area contributed by atoms with Crippen LogP contribution in [0.3, 0.4) is 0 Å². The Labute approximate surface area is 139 Å². The zero-order valence-corrected chi connectivity index (χ0v) is 14.3. The second-order valence-corrected chi connectivity index (χ2v) is 6.29. The monoisotopic (exact) mass is 319 g/mol. The molecule has 2 rings (SSSR count). The molecule has 0 aromatic heterocycles. The summed E-state index contributed by atoms with van der Waals surface area (Å²) in [5.41, 5.74) is 2.61. The molecule has 1 saturated heterocycles. The molecule has 0 radical (unpaired) electrons. The van der Waals surface area contributed by atoms with Crippen LogP contribution in [-0.2, 0) is 11.2 Å². The number of likely N-dealkylation sites (N-methyl/N-ethyl adjacent to an activating group) is 1. The van der Waals surface area contributed by atoms with Crippen LogP contribution in [0.2, 0.25) is 0 Å². The van der Waals surface area contributed by atoms with Gasteiger partial charge < -0.3 is 10.4 Å². The van der Waals surface area contributed by atoms with Gasteiger partial charge in [0.05, 0.1) is 6.42 Å². The standard InChI is InChI=1S/C18H29N3O2/c1-3-15-4-6-16(7-5-15)17(20(2)11-8-18(22)23)14-21-12-9-19-10-13-21/h4-7,17,19H,3,8-14H2,1-2H3,(H,22,23). The van der Waals surface area contributed by atoms with Crippen molar-refractivity contribution in [1.29, 1.82) is 0 Å². The number of benzene rings is 1. The summed E-state index contributed by atoms with van der Waals surface area (Å²) >= 11 is 0. The Morgan fingerprint density at radius 2 is 1.96 bits per heavy atom. The summed E-state index contributed by atoms with van der Waals surface area (Å²) < 4.78 is 0. The number of aryl methyl sites for hydroxylation is 1. The average molecular weight is 319 g/mol.